The first-order valence-corrected chi connectivity index (χ1v) is 6.50. The Morgan fingerprint density at radius 1 is 1.32 bits per heavy atom. The molecule has 0 unspecified atom stereocenters. The van der Waals surface area contributed by atoms with Crippen LogP contribution in [0.4, 0.5) is 0 Å². The van der Waals surface area contributed by atoms with Gasteiger partial charge in [0, 0.05) is 26.4 Å². The minimum absolute atomic E-state index is 0.00853. The first-order chi connectivity index (χ1) is 9.00. The van der Waals surface area contributed by atoms with E-state index in [9.17, 15) is 9.90 Å². The van der Waals surface area contributed by atoms with Crippen LogP contribution in [0.15, 0.2) is 30.3 Å². The van der Waals surface area contributed by atoms with Crippen molar-refractivity contribution < 1.29 is 14.6 Å². The molecule has 0 saturated carbocycles. The maximum Gasteiger partial charge on any atom is 0.222 e. The number of carbonyl (C=O) groups excluding carboxylic acids is 1. The average Bonchev–Trinajstić information content (AvgIpc) is 2.38. The quantitative estimate of drug-likeness (QED) is 0.816. The van der Waals surface area contributed by atoms with Crippen LogP contribution in [0.1, 0.15) is 18.9 Å². The summed E-state index contributed by atoms with van der Waals surface area (Å²) in [6, 6.07) is 9.85. The molecular weight excluding hydrogens is 242 g/mol. The molecule has 1 rings (SSSR count). The fraction of sp³-hybridized carbons (Fsp3) is 0.533. The molecule has 0 heterocycles. The molecule has 0 aliphatic rings. The normalized spacial score (nSPS) is 13.9. The molecule has 0 radical (unpaired) electrons. The van der Waals surface area contributed by atoms with E-state index in [1.807, 2.05) is 30.3 Å². The number of aliphatic hydroxyl groups excluding tert-OH is 1. The van der Waals surface area contributed by atoms with Crippen LogP contribution in [-0.2, 0) is 16.1 Å². The lowest BCUT2D eigenvalue weighted by molar-refractivity contribution is -0.131. The Morgan fingerprint density at radius 2 is 1.95 bits per heavy atom. The first-order valence-electron chi connectivity index (χ1n) is 6.50. The third-order valence-corrected chi connectivity index (χ3v) is 3.06. The van der Waals surface area contributed by atoms with Gasteiger partial charge in [-0.15, -0.1) is 0 Å². The van der Waals surface area contributed by atoms with E-state index in [-0.39, 0.29) is 11.8 Å². The highest BCUT2D eigenvalue weighted by molar-refractivity contribution is 5.75. The van der Waals surface area contributed by atoms with Crippen LogP contribution in [-0.4, -0.2) is 42.7 Å². The van der Waals surface area contributed by atoms with E-state index in [1.54, 1.807) is 21.0 Å². The Hall–Kier alpha value is -1.39. The lowest BCUT2D eigenvalue weighted by Crippen LogP contribution is -2.30. The van der Waals surface area contributed by atoms with Gasteiger partial charge in [0.1, 0.15) is 0 Å². The van der Waals surface area contributed by atoms with Crippen molar-refractivity contribution in [2.45, 2.75) is 26.1 Å². The molecule has 1 N–H and O–H groups in total. The predicted molar refractivity (Wildman–Crippen MR) is 74.6 cm³/mol. The lowest BCUT2D eigenvalue weighted by Gasteiger charge is -2.21. The Morgan fingerprint density at radius 3 is 2.47 bits per heavy atom. The molecule has 1 aromatic carbocycles. The van der Waals surface area contributed by atoms with Gasteiger partial charge in [-0.05, 0) is 12.5 Å². The maximum atomic E-state index is 11.7. The fourth-order valence-corrected chi connectivity index (χ4v) is 1.68. The van der Waals surface area contributed by atoms with Crippen molar-refractivity contribution in [2.24, 2.45) is 5.92 Å². The summed E-state index contributed by atoms with van der Waals surface area (Å²) >= 11 is 0. The minimum Gasteiger partial charge on any atom is -0.393 e. The summed E-state index contributed by atoms with van der Waals surface area (Å²) in [5.41, 5.74) is 1.09. The molecule has 1 aromatic rings. The highest BCUT2D eigenvalue weighted by atomic mass is 16.5. The highest BCUT2D eigenvalue weighted by Gasteiger charge is 2.20. The summed E-state index contributed by atoms with van der Waals surface area (Å²) in [5, 5.41) is 9.69. The summed E-state index contributed by atoms with van der Waals surface area (Å²) in [5.74, 6) is -0.159. The van der Waals surface area contributed by atoms with Gasteiger partial charge in [-0.1, -0.05) is 30.3 Å². The number of rotatable bonds is 7. The average molecular weight is 265 g/mol. The number of aliphatic hydroxyl groups is 1. The Balaban J connectivity index is 2.40. The van der Waals surface area contributed by atoms with Crippen LogP contribution in [0.25, 0.3) is 0 Å². The third kappa shape index (κ3) is 5.85. The highest BCUT2D eigenvalue weighted by Crippen LogP contribution is 2.12. The van der Waals surface area contributed by atoms with E-state index in [0.29, 0.717) is 19.6 Å². The van der Waals surface area contributed by atoms with Crippen molar-refractivity contribution in [1.29, 1.82) is 0 Å². The van der Waals surface area contributed by atoms with Crippen molar-refractivity contribution in [3.63, 3.8) is 0 Å². The van der Waals surface area contributed by atoms with Gasteiger partial charge in [0.15, 0.2) is 0 Å². The maximum absolute atomic E-state index is 11.7. The predicted octanol–water partition coefficient (Wildman–Crippen LogP) is 1.68. The summed E-state index contributed by atoms with van der Waals surface area (Å²) < 4.78 is 5.59. The van der Waals surface area contributed by atoms with Crippen LogP contribution < -0.4 is 0 Å². The monoisotopic (exact) mass is 265 g/mol. The van der Waals surface area contributed by atoms with E-state index in [1.165, 1.54) is 4.90 Å². The topological polar surface area (TPSA) is 49.8 Å². The standard InChI is InChI=1S/C15H23NO3/c1-12(17)14(9-15(18)16(2)3)11-19-10-13-7-5-4-6-8-13/h4-8,12,14,17H,9-11H2,1-3H3/t12-,14-/m0/s1. The zero-order valence-corrected chi connectivity index (χ0v) is 11.9. The number of benzene rings is 1. The van der Waals surface area contributed by atoms with Crippen LogP contribution in [0.5, 0.6) is 0 Å². The van der Waals surface area contributed by atoms with Crippen molar-refractivity contribution in [2.75, 3.05) is 20.7 Å². The van der Waals surface area contributed by atoms with Crippen molar-refractivity contribution in [3.8, 4) is 0 Å². The number of hydrogen-bond acceptors (Lipinski definition) is 3. The number of amides is 1. The summed E-state index contributed by atoms with van der Waals surface area (Å²) in [6.45, 7) is 2.58. The molecule has 19 heavy (non-hydrogen) atoms. The van der Waals surface area contributed by atoms with Gasteiger partial charge in [0.25, 0.3) is 0 Å². The number of carbonyl (C=O) groups is 1. The van der Waals surface area contributed by atoms with Crippen LogP contribution in [0.2, 0.25) is 0 Å². The summed E-state index contributed by atoms with van der Waals surface area (Å²) in [6.07, 6.45) is -0.251. The molecule has 0 aromatic heterocycles. The molecule has 4 heteroatoms. The van der Waals surface area contributed by atoms with Gasteiger partial charge in [0.2, 0.25) is 5.91 Å². The second-order valence-corrected chi connectivity index (χ2v) is 4.99. The molecule has 4 nitrogen and oxygen atoms in total. The second kappa shape index (κ2) is 7.92. The first kappa shape index (κ1) is 15.7. The fourth-order valence-electron chi connectivity index (χ4n) is 1.68. The van der Waals surface area contributed by atoms with Crippen LogP contribution in [0.3, 0.4) is 0 Å². The largest absolute Gasteiger partial charge is 0.393 e. The molecular formula is C15H23NO3. The van der Waals surface area contributed by atoms with Gasteiger partial charge >= 0.3 is 0 Å². The van der Waals surface area contributed by atoms with Crippen molar-refractivity contribution in [3.05, 3.63) is 35.9 Å². The Bertz CT molecular complexity index is 376. The minimum atomic E-state index is -0.556. The van der Waals surface area contributed by atoms with Crippen molar-refractivity contribution >= 4 is 5.91 Å². The Labute approximate surface area is 115 Å². The third-order valence-electron chi connectivity index (χ3n) is 3.06. The van der Waals surface area contributed by atoms with Crippen LogP contribution >= 0.6 is 0 Å². The molecule has 0 aliphatic carbocycles. The molecule has 0 aliphatic heterocycles. The van der Waals surface area contributed by atoms with Gasteiger partial charge < -0.3 is 14.7 Å². The number of hydrogen-bond donors (Lipinski definition) is 1. The van der Waals surface area contributed by atoms with E-state index in [4.69, 9.17) is 4.74 Å². The summed E-state index contributed by atoms with van der Waals surface area (Å²) in [4.78, 5) is 13.2. The molecule has 0 saturated heterocycles. The van der Waals surface area contributed by atoms with Gasteiger partial charge in [-0.2, -0.15) is 0 Å². The van der Waals surface area contributed by atoms with E-state index in [0.717, 1.165) is 5.56 Å². The lowest BCUT2D eigenvalue weighted by atomic mass is 10.00. The second-order valence-electron chi connectivity index (χ2n) is 4.99. The van der Waals surface area contributed by atoms with Gasteiger partial charge in [0.05, 0.1) is 19.3 Å². The summed E-state index contributed by atoms with van der Waals surface area (Å²) in [7, 11) is 3.43. The van der Waals surface area contributed by atoms with Crippen molar-refractivity contribution in [1.82, 2.24) is 4.90 Å². The van der Waals surface area contributed by atoms with E-state index < -0.39 is 6.10 Å². The molecule has 106 valence electrons. The molecule has 0 fully saturated rings. The van der Waals surface area contributed by atoms with Gasteiger partial charge in [-0.3, -0.25) is 4.79 Å². The number of nitrogens with zero attached hydrogens (tertiary/aromatic N) is 1. The number of ether oxygens (including phenoxy) is 1. The SMILES string of the molecule is C[C@H](O)[C@H](COCc1ccccc1)CC(=O)N(C)C. The molecule has 0 spiro atoms. The molecule has 0 bridgehead atoms. The van der Waals surface area contributed by atoms with Crippen LogP contribution in [0, 0.1) is 5.92 Å². The molecule has 2 atom stereocenters. The zero-order chi connectivity index (χ0) is 14.3. The van der Waals surface area contributed by atoms with Gasteiger partial charge in [-0.25, -0.2) is 0 Å². The van der Waals surface area contributed by atoms with E-state index in [2.05, 4.69) is 0 Å². The zero-order valence-electron chi connectivity index (χ0n) is 11.9. The van der Waals surface area contributed by atoms with E-state index >= 15 is 0 Å². The Kier molecular flexibility index (Phi) is 6.53. The molecule has 1 amide bonds. The smallest absolute Gasteiger partial charge is 0.222 e.